The predicted octanol–water partition coefficient (Wildman–Crippen LogP) is -1.19. The summed E-state index contributed by atoms with van der Waals surface area (Å²) in [6.07, 6.45) is 2.53. The SMILES string of the molecule is CN(C(=O)c1cn[nH]c1)C1CNCC1O. The van der Waals surface area contributed by atoms with Gasteiger partial charge in [-0.05, 0) is 0 Å². The van der Waals surface area contributed by atoms with Crippen molar-refractivity contribution in [1.82, 2.24) is 20.4 Å². The van der Waals surface area contributed by atoms with Gasteiger partial charge in [0.1, 0.15) is 0 Å². The van der Waals surface area contributed by atoms with Crippen molar-refractivity contribution in [3.63, 3.8) is 0 Å². The molecule has 0 spiro atoms. The average molecular weight is 210 g/mol. The fourth-order valence-electron chi connectivity index (χ4n) is 1.77. The van der Waals surface area contributed by atoms with Crippen LogP contribution in [0.15, 0.2) is 12.4 Å². The van der Waals surface area contributed by atoms with Crippen LogP contribution in [0.5, 0.6) is 0 Å². The molecule has 1 saturated heterocycles. The van der Waals surface area contributed by atoms with Gasteiger partial charge >= 0.3 is 0 Å². The minimum Gasteiger partial charge on any atom is -0.390 e. The van der Waals surface area contributed by atoms with Crippen molar-refractivity contribution >= 4 is 5.91 Å². The Balaban J connectivity index is 2.07. The van der Waals surface area contributed by atoms with Gasteiger partial charge in [-0.15, -0.1) is 0 Å². The van der Waals surface area contributed by atoms with Crippen LogP contribution in [0.2, 0.25) is 0 Å². The lowest BCUT2D eigenvalue weighted by atomic mass is 10.1. The minimum absolute atomic E-state index is 0.128. The van der Waals surface area contributed by atoms with E-state index in [4.69, 9.17) is 0 Å². The van der Waals surface area contributed by atoms with E-state index in [9.17, 15) is 9.90 Å². The minimum atomic E-state index is -0.495. The van der Waals surface area contributed by atoms with E-state index in [1.54, 1.807) is 18.1 Å². The first-order valence-corrected chi connectivity index (χ1v) is 4.85. The summed E-state index contributed by atoms with van der Waals surface area (Å²) in [6, 6.07) is -0.160. The third kappa shape index (κ3) is 1.86. The Hall–Kier alpha value is -1.40. The first-order chi connectivity index (χ1) is 7.20. The Bertz CT molecular complexity index is 338. The highest BCUT2D eigenvalue weighted by atomic mass is 16.3. The lowest BCUT2D eigenvalue weighted by Gasteiger charge is -2.25. The van der Waals surface area contributed by atoms with Gasteiger partial charge in [-0.25, -0.2) is 0 Å². The summed E-state index contributed by atoms with van der Waals surface area (Å²) in [4.78, 5) is 13.4. The van der Waals surface area contributed by atoms with Crippen molar-refractivity contribution in [2.45, 2.75) is 12.1 Å². The van der Waals surface area contributed by atoms with Crippen molar-refractivity contribution < 1.29 is 9.90 Å². The van der Waals surface area contributed by atoms with Crippen LogP contribution in [-0.4, -0.2) is 58.4 Å². The van der Waals surface area contributed by atoms with Crippen LogP contribution in [0.1, 0.15) is 10.4 Å². The number of likely N-dealkylation sites (N-methyl/N-ethyl adjacent to an activating group) is 1. The van der Waals surface area contributed by atoms with Crippen molar-refractivity contribution in [2.75, 3.05) is 20.1 Å². The number of hydrogen-bond donors (Lipinski definition) is 3. The number of rotatable bonds is 2. The Kier molecular flexibility index (Phi) is 2.70. The number of aromatic nitrogens is 2. The molecule has 6 nitrogen and oxygen atoms in total. The lowest BCUT2D eigenvalue weighted by molar-refractivity contribution is 0.0581. The Morgan fingerprint density at radius 2 is 2.47 bits per heavy atom. The van der Waals surface area contributed by atoms with Crippen LogP contribution in [0.3, 0.4) is 0 Å². The number of aliphatic hydroxyl groups excluding tert-OH is 1. The van der Waals surface area contributed by atoms with Crippen LogP contribution in [0.4, 0.5) is 0 Å². The van der Waals surface area contributed by atoms with Gasteiger partial charge in [-0.2, -0.15) is 5.10 Å². The molecule has 3 N–H and O–H groups in total. The van der Waals surface area contributed by atoms with E-state index in [1.165, 1.54) is 6.20 Å². The van der Waals surface area contributed by atoms with Crippen LogP contribution >= 0.6 is 0 Å². The van der Waals surface area contributed by atoms with Crippen LogP contribution in [-0.2, 0) is 0 Å². The molecule has 0 aromatic carbocycles. The molecule has 0 saturated carbocycles. The Morgan fingerprint density at radius 1 is 1.67 bits per heavy atom. The number of nitrogens with one attached hydrogen (secondary N) is 2. The number of β-amino-alcohol motifs (C(OH)–C–C–N with tert-alkyl or cyclic N) is 1. The van der Waals surface area contributed by atoms with Gasteiger partial charge in [0.2, 0.25) is 0 Å². The lowest BCUT2D eigenvalue weighted by Crippen LogP contribution is -2.44. The largest absolute Gasteiger partial charge is 0.390 e. The van der Waals surface area contributed by atoms with Gasteiger partial charge in [-0.3, -0.25) is 9.89 Å². The molecule has 2 unspecified atom stereocenters. The number of aromatic amines is 1. The highest BCUT2D eigenvalue weighted by molar-refractivity contribution is 5.93. The smallest absolute Gasteiger partial charge is 0.257 e. The molecular weight excluding hydrogens is 196 g/mol. The highest BCUT2D eigenvalue weighted by Crippen LogP contribution is 2.10. The molecule has 1 fully saturated rings. The molecule has 1 aliphatic heterocycles. The van der Waals surface area contributed by atoms with E-state index in [0.29, 0.717) is 18.7 Å². The van der Waals surface area contributed by atoms with E-state index in [2.05, 4.69) is 15.5 Å². The first kappa shape index (κ1) is 10.1. The van der Waals surface area contributed by atoms with Crippen molar-refractivity contribution in [2.24, 2.45) is 0 Å². The molecule has 15 heavy (non-hydrogen) atoms. The third-order valence-corrected chi connectivity index (χ3v) is 2.71. The number of aliphatic hydroxyl groups is 1. The summed E-state index contributed by atoms with van der Waals surface area (Å²) in [5.74, 6) is -0.128. The molecule has 0 aliphatic carbocycles. The molecule has 2 rings (SSSR count). The summed E-state index contributed by atoms with van der Waals surface area (Å²) in [5, 5.41) is 19.0. The van der Waals surface area contributed by atoms with Gasteiger partial charge in [0.25, 0.3) is 5.91 Å². The number of amides is 1. The standard InChI is InChI=1S/C9H14N4O2/c1-13(7-4-10-5-8(7)14)9(15)6-2-11-12-3-6/h2-3,7-8,10,14H,4-5H2,1H3,(H,11,12). The normalized spacial score (nSPS) is 25.5. The summed E-state index contributed by atoms with van der Waals surface area (Å²) in [5.41, 5.74) is 0.511. The van der Waals surface area contributed by atoms with E-state index in [-0.39, 0.29) is 11.9 Å². The first-order valence-electron chi connectivity index (χ1n) is 4.85. The Morgan fingerprint density at radius 3 is 3.00 bits per heavy atom. The van der Waals surface area contributed by atoms with E-state index >= 15 is 0 Å². The fourth-order valence-corrected chi connectivity index (χ4v) is 1.77. The highest BCUT2D eigenvalue weighted by Gasteiger charge is 2.31. The van der Waals surface area contributed by atoms with Crippen molar-refractivity contribution in [1.29, 1.82) is 0 Å². The summed E-state index contributed by atoms with van der Waals surface area (Å²) < 4.78 is 0. The van der Waals surface area contributed by atoms with E-state index < -0.39 is 6.10 Å². The molecule has 1 aliphatic rings. The van der Waals surface area contributed by atoms with Gasteiger partial charge in [0, 0.05) is 26.3 Å². The van der Waals surface area contributed by atoms with Gasteiger partial charge in [0.05, 0.1) is 23.9 Å². The number of carbonyl (C=O) groups excluding carboxylic acids is 1. The van der Waals surface area contributed by atoms with Gasteiger partial charge < -0.3 is 15.3 Å². The second kappa shape index (κ2) is 4.00. The topological polar surface area (TPSA) is 81.2 Å². The number of H-pyrrole nitrogens is 1. The molecule has 1 amide bonds. The maximum atomic E-state index is 11.9. The quantitative estimate of drug-likeness (QED) is 0.573. The molecule has 1 aromatic rings. The number of carbonyl (C=O) groups is 1. The third-order valence-electron chi connectivity index (χ3n) is 2.71. The molecule has 1 aromatic heterocycles. The monoisotopic (exact) mass is 210 g/mol. The predicted molar refractivity (Wildman–Crippen MR) is 53.3 cm³/mol. The summed E-state index contributed by atoms with van der Waals surface area (Å²) in [6.45, 7) is 1.16. The molecule has 0 radical (unpaired) electrons. The maximum Gasteiger partial charge on any atom is 0.257 e. The van der Waals surface area contributed by atoms with E-state index in [0.717, 1.165) is 0 Å². The maximum absolute atomic E-state index is 11.9. The van der Waals surface area contributed by atoms with Crippen LogP contribution in [0.25, 0.3) is 0 Å². The molecule has 2 heterocycles. The average Bonchev–Trinajstić information content (AvgIpc) is 2.85. The van der Waals surface area contributed by atoms with Crippen molar-refractivity contribution in [3.05, 3.63) is 18.0 Å². The van der Waals surface area contributed by atoms with Gasteiger partial charge in [0.15, 0.2) is 0 Å². The molecular formula is C9H14N4O2. The molecule has 2 atom stereocenters. The zero-order valence-corrected chi connectivity index (χ0v) is 8.47. The zero-order chi connectivity index (χ0) is 10.8. The number of hydrogen-bond acceptors (Lipinski definition) is 4. The summed E-state index contributed by atoms with van der Waals surface area (Å²) >= 11 is 0. The molecule has 6 heteroatoms. The van der Waals surface area contributed by atoms with E-state index in [1.807, 2.05) is 0 Å². The summed E-state index contributed by atoms with van der Waals surface area (Å²) in [7, 11) is 1.69. The second-order valence-corrected chi connectivity index (χ2v) is 3.70. The second-order valence-electron chi connectivity index (χ2n) is 3.70. The Labute approximate surface area is 87.3 Å². The molecule has 82 valence electrons. The number of nitrogens with zero attached hydrogens (tertiary/aromatic N) is 2. The zero-order valence-electron chi connectivity index (χ0n) is 8.47. The van der Waals surface area contributed by atoms with Crippen molar-refractivity contribution in [3.8, 4) is 0 Å². The fraction of sp³-hybridized carbons (Fsp3) is 0.556. The van der Waals surface area contributed by atoms with Crippen LogP contribution < -0.4 is 5.32 Å². The van der Waals surface area contributed by atoms with Crippen LogP contribution in [0, 0.1) is 0 Å². The molecule has 0 bridgehead atoms. The van der Waals surface area contributed by atoms with Gasteiger partial charge in [-0.1, -0.05) is 0 Å².